The lowest BCUT2D eigenvalue weighted by Crippen LogP contribution is -2.41. The van der Waals surface area contributed by atoms with Crippen molar-refractivity contribution in [2.75, 3.05) is 30.8 Å². The molecule has 2 N–H and O–H groups in total. The number of nitrogen functional groups attached to an aromatic ring is 1. The van der Waals surface area contributed by atoms with Gasteiger partial charge < -0.3 is 15.5 Å². The van der Waals surface area contributed by atoms with Crippen LogP contribution >= 0.6 is 11.3 Å². The molecule has 1 aromatic rings. The molecule has 20 heavy (non-hydrogen) atoms. The maximum absolute atomic E-state index is 12.5. The number of amides is 1. The first-order chi connectivity index (χ1) is 9.66. The monoisotopic (exact) mass is 294 g/mol. The van der Waals surface area contributed by atoms with Crippen LogP contribution in [0.3, 0.4) is 0 Å². The Bertz CT molecular complexity index is 491. The molecule has 2 heterocycles. The third-order valence-corrected chi connectivity index (χ3v) is 5.53. The highest BCUT2D eigenvalue weighted by Gasteiger charge is 2.29. The van der Waals surface area contributed by atoms with Gasteiger partial charge in [0.2, 0.25) is 0 Å². The van der Waals surface area contributed by atoms with E-state index in [0.717, 1.165) is 31.1 Å². The van der Waals surface area contributed by atoms with E-state index in [2.05, 4.69) is 9.88 Å². The van der Waals surface area contributed by atoms with Crippen LogP contribution in [0.25, 0.3) is 0 Å². The van der Waals surface area contributed by atoms with Crippen molar-refractivity contribution in [3.63, 3.8) is 0 Å². The number of anilines is 2. The maximum atomic E-state index is 12.5. The van der Waals surface area contributed by atoms with Crippen LogP contribution in [-0.2, 0) is 0 Å². The van der Waals surface area contributed by atoms with Crippen molar-refractivity contribution >= 4 is 28.2 Å². The summed E-state index contributed by atoms with van der Waals surface area (Å²) in [6.07, 6.45) is 7.13. The van der Waals surface area contributed by atoms with Crippen molar-refractivity contribution in [1.29, 1.82) is 0 Å². The molecule has 0 radical (unpaired) electrons. The molecule has 1 saturated heterocycles. The Hall–Kier alpha value is -1.30. The van der Waals surface area contributed by atoms with Crippen molar-refractivity contribution < 1.29 is 4.79 Å². The molecule has 0 unspecified atom stereocenters. The average molecular weight is 294 g/mol. The van der Waals surface area contributed by atoms with E-state index in [9.17, 15) is 4.79 Å². The van der Waals surface area contributed by atoms with Crippen molar-refractivity contribution in [2.24, 2.45) is 0 Å². The molecule has 1 saturated carbocycles. The molecule has 0 aromatic carbocycles. The summed E-state index contributed by atoms with van der Waals surface area (Å²) in [4.78, 5) is 21.6. The summed E-state index contributed by atoms with van der Waals surface area (Å²) < 4.78 is 0. The zero-order chi connectivity index (χ0) is 14.1. The maximum Gasteiger partial charge on any atom is 0.267 e. The van der Waals surface area contributed by atoms with Crippen molar-refractivity contribution in [1.82, 2.24) is 9.88 Å². The highest BCUT2D eigenvalue weighted by Crippen LogP contribution is 2.32. The molecule has 0 spiro atoms. The number of hydrogen-bond acceptors (Lipinski definition) is 5. The minimum atomic E-state index is 0.0351. The summed E-state index contributed by atoms with van der Waals surface area (Å²) in [6.45, 7) is 2.05. The molecule has 1 amide bonds. The topological polar surface area (TPSA) is 62.5 Å². The van der Waals surface area contributed by atoms with E-state index in [1.807, 2.05) is 11.9 Å². The molecule has 0 bridgehead atoms. The van der Waals surface area contributed by atoms with Gasteiger partial charge in [-0.15, -0.1) is 0 Å². The molecule has 2 aliphatic rings. The molecular weight excluding hydrogens is 272 g/mol. The van der Waals surface area contributed by atoms with Gasteiger partial charge >= 0.3 is 0 Å². The third kappa shape index (κ3) is 2.49. The molecule has 1 aromatic heterocycles. The van der Waals surface area contributed by atoms with Crippen LogP contribution < -0.4 is 10.6 Å². The Morgan fingerprint density at radius 2 is 2.00 bits per heavy atom. The number of thiazole rings is 1. The van der Waals surface area contributed by atoms with Gasteiger partial charge in [-0.3, -0.25) is 4.79 Å². The number of rotatable bonds is 3. The van der Waals surface area contributed by atoms with Crippen molar-refractivity contribution in [3.05, 3.63) is 4.88 Å². The van der Waals surface area contributed by atoms with E-state index in [1.165, 1.54) is 37.0 Å². The van der Waals surface area contributed by atoms with Crippen LogP contribution in [0.2, 0.25) is 0 Å². The molecule has 3 rings (SSSR count). The molecule has 0 atom stereocenters. The zero-order valence-electron chi connectivity index (χ0n) is 12.0. The fourth-order valence-corrected chi connectivity index (χ4v) is 3.81. The number of hydrogen-bond donors (Lipinski definition) is 1. The van der Waals surface area contributed by atoms with Crippen LogP contribution in [0, 0.1) is 0 Å². The fraction of sp³-hybridized carbons (Fsp3) is 0.714. The number of piperidine rings is 1. The van der Waals surface area contributed by atoms with Gasteiger partial charge in [0.1, 0.15) is 10.7 Å². The van der Waals surface area contributed by atoms with Crippen molar-refractivity contribution in [2.45, 2.75) is 44.6 Å². The van der Waals surface area contributed by atoms with Crippen LogP contribution in [0.1, 0.15) is 48.2 Å². The predicted molar refractivity (Wildman–Crippen MR) is 82.3 cm³/mol. The van der Waals surface area contributed by atoms with Gasteiger partial charge in [0.15, 0.2) is 5.13 Å². The molecular formula is C14H22N4OS. The second-order valence-electron chi connectivity index (χ2n) is 5.76. The number of carbonyl (C=O) groups is 1. The van der Waals surface area contributed by atoms with E-state index < -0.39 is 0 Å². The molecule has 5 nitrogen and oxygen atoms in total. The lowest BCUT2D eigenvalue weighted by molar-refractivity contribution is 0.0658. The Kier molecular flexibility index (Phi) is 3.83. The first kappa shape index (κ1) is 13.7. The summed E-state index contributed by atoms with van der Waals surface area (Å²) in [7, 11) is 1.88. The average Bonchev–Trinajstić information content (AvgIpc) is 2.79. The summed E-state index contributed by atoms with van der Waals surface area (Å²) in [5.41, 5.74) is 5.97. The smallest absolute Gasteiger partial charge is 0.267 e. The summed E-state index contributed by atoms with van der Waals surface area (Å²) in [6, 6.07) is 0.391. The minimum absolute atomic E-state index is 0.0351. The van der Waals surface area contributed by atoms with Crippen LogP contribution in [-0.4, -0.2) is 42.0 Å². The number of nitrogens with zero attached hydrogens (tertiary/aromatic N) is 3. The Balaban J connectivity index is 1.75. The van der Waals surface area contributed by atoms with E-state index in [1.54, 1.807) is 0 Å². The summed E-state index contributed by atoms with van der Waals surface area (Å²) in [5, 5.41) is 0.910. The second-order valence-corrected chi connectivity index (χ2v) is 6.74. The van der Waals surface area contributed by atoms with E-state index in [0.29, 0.717) is 16.7 Å². The normalized spacial score (nSPS) is 19.8. The highest BCUT2D eigenvalue weighted by atomic mass is 32.1. The quantitative estimate of drug-likeness (QED) is 0.929. The van der Waals surface area contributed by atoms with E-state index >= 15 is 0 Å². The van der Waals surface area contributed by atoms with Gasteiger partial charge in [-0.2, -0.15) is 0 Å². The molecule has 6 heteroatoms. The third-order valence-electron chi connectivity index (χ3n) is 4.41. The second kappa shape index (κ2) is 5.60. The standard InChI is InChI=1S/C14H22N4OS/c1-17(10-6-5-7-10)13(19)11-12(15)16-14(20-11)18-8-3-2-4-9-18/h10H,2-9,15H2,1H3. The van der Waals surface area contributed by atoms with Gasteiger partial charge in [-0.25, -0.2) is 4.98 Å². The Morgan fingerprint density at radius 1 is 1.30 bits per heavy atom. The predicted octanol–water partition coefficient (Wildman–Crippen LogP) is 2.34. The zero-order valence-corrected chi connectivity index (χ0v) is 12.8. The van der Waals surface area contributed by atoms with E-state index in [4.69, 9.17) is 5.73 Å². The highest BCUT2D eigenvalue weighted by molar-refractivity contribution is 7.18. The number of aromatic nitrogens is 1. The van der Waals surface area contributed by atoms with Gasteiger partial charge in [-0.1, -0.05) is 11.3 Å². The van der Waals surface area contributed by atoms with Crippen LogP contribution in [0.15, 0.2) is 0 Å². The van der Waals surface area contributed by atoms with Crippen LogP contribution in [0.5, 0.6) is 0 Å². The molecule has 1 aliphatic heterocycles. The molecule has 110 valence electrons. The first-order valence-corrected chi connectivity index (χ1v) is 8.27. The van der Waals surface area contributed by atoms with Gasteiger partial charge in [-0.05, 0) is 38.5 Å². The lowest BCUT2D eigenvalue weighted by atomic mass is 9.92. The largest absolute Gasteiger partial charge is 0.382 e. The fourth-order valence-electron chi connectivity index (χ4n) is 2.79. The first-order valence-electron chi connectivity index (χ1n) is 7.45. The van der Waals surface area contributed by atoms with Gasteiger partial charge in [0.05, 0.1) is 0 Å². The molecule has 2 fully saturated rings. The Morgan fingerprint density at radius 3 is 2.60 bits per heavy atom. The van der Waals surface area contributed by atoms with Gasteiger partial charge in [0, 0.05) is 26.2 Å². The van der Waals surface area contributed by atoms with Crippen LogP contribution in [0.4, 0.5) is 10.9 Å². The van der Waals surface area contributed by atoms with E-state index in [-0.39, 0.29) is 5.91 Å². The van der Waals surface area contributed by atoms with Gasteiger partial charge in [0.25, 0.3) is 5.91 Å². The lowest BCUT2D eigenvalue weighted by Gasteiger charge is -2.34. The summed E-state index contributed by atoms with van der Waals surface area (Å²) in [5.74, 6) is 0.430. The summed E-state index contributed by atoms with van der Waals surface area (Å²) >= 11 is 1.45. The SMILES string of the molecule is CN(C(=O)c1sc(N2CCCCC2)nc1N)C1CCC1. The Labute approximate surface area is 123 Å². The van der Waals surface area contributed by atoms with Crippen molar-refractivity contribution in [3.8, 4) is 0 Å². The molecule has 1 aliphatic carbocycles. The number of nitrogens with two attached hydrogens (primary N) is 1. The minimum Gasteiger partial charge on any atom is -0.382 e. The number of carbonyl (C=O) groups excluding carboxylic acids is 1.